The van der Waals surface area contributed by atoms with Crippen LogP contribution < -0.4 is 5.32 Å². The van der Waals surface area contributed by atoms with Crippen molar-refractivity contribution in [2.24, 2.45) is 0 Å². The molecule has 0 radical (unpaired) electrons. The van der Waals surface area contributed by atoms with Crippen LogP contribution in [0.25, 0.3) is 11.0 Å². The second kappa shape index (κ2) is 5.78. The topological polar surface area (TPSA) is 29.9 Å². The number of hydrogen-bond acceptors (Lipinski definition) is 2. The Hall–Kier alpha value is -2.29. The van der Waals surface area contributed by atoms with E-state index in [1.807, 2.05) is 24.3 Å². The van der Waals surface area contributed by atoms with Gasteiger partial charge in [-0.3, -0.25) is 0 Å². The van der Waals surface area contributed by atoms with E-state index < -0.39 is 0 Å². The van der Waals surface area contributed by atoms with Gasteiger partial charge in [0, 0.05) is 25.2 Å². The molecule has 3 aromatic rings. The Morgan fingerprint density at radius 3 is 2.55 bits per heavy atom. The van der Waals surface area contributed by atoms with Crippen LogP contribution >= 0.6 is 0 Å². The molecular weight excluding hydrogens is 246 g/mol. The second-order valence-electron chi connectivity index (χ2n) is 4.81. The highest BCUT2D eigenvalue weighted by molar-refractivity contribution is 5.75. The number of rotatable bonds is 5. The predicted molar refractivity (Wildman–Crippen MR) is 84.0 cm³/mol. The van der Waals surface area contributed by atoms with E-state index in [1.165, 1.54) is 5.52 Å². The molecule has 0 aliphatic carbocycles. The number of aromatic nitrogens is 2. The summed E-state index contributed by atoms with van der Waals surface area (Å²) in [4.78, 5) is 4.69. The molecule has 0 aliphatic heterocycles. The number of anilines is 1. The summed E-state index contributed by atoms with van der Waals surface area (Å²) in [6, 6.07) is 18.6. The third kappa shape index (κ3) is 2.52. The van der Waals surface area contributed by atoms with Gasteiger partial charge in [0.15, 0.2) is 0 Å². The molecule has 2 aromatic carbocycles. The molecule has 0 aliphatic rings. The summed E-state index contributed by atoms with van der Waals surface area (Å²) in [6.45, 7) is 3.98. The van der Waals surface area contributed by atoms with Gasteiger partial charge in [-0.15, -0.1) is 0 Å². The fourth-order valence-electron chi connectivity index (χ4n) is 2.51. The quantitative estimate of drug-likeness (QED) is 0.762. The lowest BCUT2D eigenvalue weighted by atomic mass is 10.3. The zero-order chi connectivity index (χ0) is 13.8. The minimum absolute atomic E-state index is 0.900. The first-order valence-electron chi connectivity index (χ1n) is 7.11. The van der Waals surface area contributed by atoms with Gasteiger partial charge in [0.25, 0.3) is 0 Å². The third-order valence-electron chi connectivity index (χ3n) is 3.49. The molecule has 1 aromatic heterocycles. The average molecular weight is 265 g/mol. The monoisotopic (exact) mass is 265 g/mol. The number of para-hydroxylation sites is 3. The van der Waals surface area contributed by atoms with Crippen molar-refractivity contribution in [1.82, 2.24) is 9.55 Å². The van der Waals surface area contributed by atoms with Gasteiger partial charge < -0.3 is 9.88 Å². The number of nitrogens with one attached hydrogen (secondary N) is 1. The molecular formula is C17H19N3. The molecule has 0 unspecified atom stereocenters. The third-order valence-corrected chi connectivity index (χ3v) is 3.49. The van der Waals surface area contributed by atoms with E-state index in [0.717, 1.165) is 36.5 Å². The lowest BCUT2D eigenvalue weighted by Gasteiger charge is -2.10. The van der Waals surface area contributed by atoms with E-state index in [-0.39, 0.29) is 0 Å². The van der Waals surface area contributed by atoms with Crippen LogP contribution in [0, 0.1) is 0 Å². The van der Waals surface area contributed by atoms with Crippen molar-refractivity contribution in [3.63, 3.8) is 0 Å². The molecule has 0 atom stereocenters. The maximum atomic E-state index is 4.69. The molecule has 0 spiro atoms. The van der Waals surface area contributed by atoms with Crippen LogP contribution in [0.1, 0.15) is 12.7 Å². The van der Waals surface area contributed by atoms with Gasteiger partial charge in [0.2, 0.25) is 0 Å². The fraction of sp³-hybridized carbons (Fsp3) is 0.235. The Kier molecular flexibility index (Phi) is 3.68. The number of nitrogens with zero attached hydrogens (tertiary/aromatic N) is 2. The van der Waals surface area contributed by atoms with Crippen molar-refractivity contribution >= 4 is 16.7 Å². The van der Waals surface area contributed by atoms with Crippen molar-refractivity contribution < 1.29 is 0 Å². The van der Waals surface area contributed by atoms with Crippen LogP contribution in [0.2, 0.25) is 0 Å². The van der Waals surface area contributed by atoms with E-state index in [1.54, 1.807) is 0 Å². The number of hydrogen-bond donors (Lipinski definition) is 1. The van der Waals surface area contributed by atoms with E-state index in [0.29, 0.717) is 0 Å². The van der Waals surface area contributed by atoms with E-state index in [9.17, 15) is 0 Å². The van der Waals surface area contributed by atoms with Crippen molar-refractivity contribution in [2.45, 2.75) is 19.9 Å². The Morgan fingerprint density at radius 1 is 1.00 bits per heavy atom. The van der Waals surface area contributed by atoms with Crippen LogP contribution in [0.15, 0.2) is 54.6 Å². The standard InChI is InChI=1S/C17H19N3/c1-2-17-19-15-10-6-7-11-16(15)20(17)13-12-18-14-8-4-3-5-9-14/h3-11,18H,2,12-13H2,1H3. The van der Waals surface area contributed by atoms with E-state index in [2.05, 4.69) is 47.1 Å². The van der Waals surface area contributed by atoms with Gasteiger partial charge in [-0.1, -0.05) is 37.3 Å². The van der Waals surface area contributed by atoms with Crippen LogP contribution in [0.3, 0.4) is 0 Å². The SMILES string of the molecule is CCc1nc2ccccc2n1CCNc1ccccc1. The summed E-state index contributed by atoms with van der Waals surface area (Å²) in [5.74, 6) is 1.15. The van der Waals surface area contributed by atoms with Gasteiger partial charge in [0.1, 0.15) is 5.82 Å². The minimum atomic E-state index is 0.900. The molecule has 3 rings (SSSR count). The maximum Gasteiger partial charge on any atom is 0.109 e. The summed E-state index contributed by atoms with van der Waals surface area (Å²) in [5, 5.41) is 3.45. The van der Waals surface area contributed by atoms with Crippen molar-refractivity contribution in [2.75, 3.05) is 11.9 Å². The number of benzene rings is 2. The molecule has 3 heteroatoms. The lowest BCUT2D eigenvalue weighted by molar-refractivity contribution is 0.700. The molecule has 20 heavy (non-hydrogen) atoms. The van der Waals surface area contributed by atoms with E-state index >= 15 is 0 Å². The van der Waals surface area contributed by atoms with Crippen molar-refractivity contribution in [3.8, 4) is 0 Å². The summed E-state index contributed by atoms with van der Waals surface area (Å²) in [7, 11) is 0. The van der Waals surface area contributed by atoms with Gasteiger partial charge >= 0.3 is 0 Å². The Balaban J connectivity index is 1.77. The van der Waals surface area contributed by atoms with Gasteiger partial charge in [-0.2, -0.15) is 0 Å². The fourth-order valence-corrected chi connectivity index (χ4v) is 2.51. The Labute approximate surface area is 119 Å². The van der Waals surface area contributed by atoms with Crippen LogP contribution in [0.5, 0.6) is 0 Å². The first-order chi connectivity index (χ1) is 9.88. The normalized spacial score (nSPS) is 10.8. The minimum Gasteiger partial charge on any atom is -0.383 e. The molecule has 0 saturated heterocycles. The smallest absolute Gasteiger partial charge is 0.109 e. The van der Waals surface area contributed by atoms with Crippen molar-refractivity contribution in [1.29, 1.82) is 0 Å². The Bertz CT molecular complexity index is 686. The zero-order valence-corrected chi connectivity index (χ0v) is 11.7. The van der Waals surface area contributed by atoms with Gasteiger partial charge in [-0.05, 0) is 24.3 Å². The number of fused-ring (bicyclic) bond motifs is 1. The zero-order valence-electron chi connectivity index (χ0n) is 11.7. The molecule has 3 nitrogen and oxygen atoms in total. The van der Waals surface area contributed by atoms with Gasteiger partial charge in [-0.25, -0.2) is 4.98 Å². The molecule has 0 fully saturated rings. The number of aryl methyl sites for hydroxylation is 1. The largest absolute Gasteiger partial charge is 0.383 e. The molecule has 102 valence electrons. The summed E-state index contributed by atoms with van der Waals surface area (Å²) < 4.78 is 2.31. The lowest BCUT2D eigenvalue weighted by Crippen LogP contribution is -2.12. The summed E-state index contributed by atoms with van der Waals surface area (Å²) >= 11 is 0. The highest BCUT2D eigenvalue weighted by Crippen LogP contribution is 2.16. The summed E-state index contributed by atoms with van der Waals surface area (Å²) in [5.41, 5.74) is 3.47. The van der Waals surface area contributed by atoms with Gasteiger partial charge in [0.05, 0.1) is 11.0 Å². The maximum absolute atomic E-state index is 4.69. The molecule has 0 bridgehead atoms. The summed E-state index contributed by atoms with van der Waals surface area (Å²) in [6.07, 6.45) is 0.958. The molecule has 1 N–H and O–H groups in total. The Morgan fingerprint density at radius 2 is 1.75 bits per heavy atom. The molecule has 1 heterocycles. The number of imidazole rings is 1. The molecule has 0 amide bonds. The van der Waals surface area contributed by atoms with Crippen LogP contribution in [-0.2, 0) is 13.0 Å². The van der Waals surface area contributed by atoms with Crippen molar-refractivity contribution in [3.05, 3.63) is 60.4 Å². The second-order valence-corrected chi connectivity index (χ2v) is 4.81. The highest BCUT2D eigenvalue weighted by Gasteiger charge is 2.07. The first-order valence-corrected chi connectivity index (χ1v) is 7.11. The van der Waals surface area contributed by atoms with Crippen LogP contribution in [-0.4, -0.2) is 16.1 Å². The first kappa shape index (κ1) is 12.7. The predicted octanol–water partition coefficient (Wildman–Crippen LogP) is 3.71. The highest BCUT2D eigenvalue weighted by atomic mass is 15.1. The van der Waals surface area contributed by atoms with Crippen LogP contribution in [0.4, 0.5) is 5.69 Å². The average Bonchev–Trinajstić information content (AvgIpc) is 2.87. The van der Waals surface area contributed by atoms with E-state index in [4.69, 9.17) is 4.98 Å². The molecule has 0 saturated carbocycles.